The van der Waals surface area contributed by atoms with Gasteiger partial charge in [0.25, 0.3) is 0 Å². The predicted octanol–water partition coefficient (Wildman–Crippen LogP) is 1.69. The molecule has 0 saturated heterocycles. The number of aryl methyl sites for hydroxylation is 1. The van der Waals surface area contributed by atoms with Crippen LogP contribution in [0, 0.1) is 0 Å². The lowest BCUT2D eigenvalue weighted by Crippen LogP contribution is -2.19. The predicted molar refractivity (Wildman–Crippen MR) is 53.0 cm³/mol. The highest BCUT2D eigenvalue weighted by Gasteiger charge is 2.15. The smallest absolute Gasteiger partial charge is 0.234 e. The van der Waals surface area contributed by atoms with Gasteiger partial charge < -0.3 is 5.32 Å². The van der Waals surface area contributed by atoms with Gasteiger partial charge in [0.05, 0.1) is 11.4 Å². The van der Waals surface area contributed by atoms with Crippen molar-refractivity contribution in [3.05, 3.63) is 18.0 Å². The average molecular weight is 194 g/mol. The van der Waals surface area contributed by atoms with Gasteiger partial charge in [-0.1, -0.05) is 6.92 Å². The van der Waals surface area contributed by atoms with Crippen molar-refractivity contribution >= 4 is 23.4 Å². The van der Waals surface area contributed by atoms with Gasteiger partial charge in [0, 0.05) is 16.8 Å². The van der Waals surface area contributed by atoms with Crippen LogP contribution in [0.4, 0.5) is 5.69 Å². The average Bonchev–Trinajstić information content (AvgIpc) is 2.16. The van der Waals surface area contributed by atoms with Crippen LogP contribution in [0.1, 0.15) is 12.6 Å². The van der Waals surface area contributed by atoms with Gasteiger partial charge in [-0.3, -0.25) is 9.78 Å². The second-order valence-electron chi connectivity index (χ2n) is 2.86. The molecule has 13 heavy (non-hydrogen) atoms. The molecule has 1 aliphatic rings. The van der Waals surface area contributed by atoms with Crippen molar-refractivity contribution in [2.75, 3.05) is 11.1 Å². The number of anilines is 1. The third kappa shape index (κ3) is 1.67. The van der Waals surface area contributed by atoms with Crippen molar-refractivity contribution in [1.29, 1.82) is 0 Å². The Hall–Kier alpha value is -1.03. The normalized spacial score (nSPS) is 15.0. The molecule has 0 fully saturated rings. The Balaban J connectivity index is 2.38. The molecule has 1 aliphatic heterocycles. The van der Waals surface area contributed by atoms with E-state index in [-0.39, 0.29) is 5.91 Å². The number of thioether (sulfide) groups is 1. The molecule has 4 heteroatoms. The third-order valence-electron chi connectivity index (χ3n) is 1.92. The number of pyridine rings is 1. The van der Waals surface area contributed by atoms with Gasteiger partial charge in [-0.15, -0.1) is 11.8 Å². The number of hydrogen-bond acceptors (Lipinski definition) is 3. The Morgan fingerprint density at radius 1 is 1.69 bits per heavy atom. The van der Waals surface area contributed by atoms with Crippen LogP contribution in [0.3, 0.4) is 0 Å². The summed E-state index contributed by atoms with van der Waals surface area (Å²) < 4.78 is 0. The van der Waals surface area contributed by atoms with E-state index >= 15 is 0 Å². The molecule has 3 nitrogen and oxygen atoms in total. The zero-order valence-electron chi connectivity index (χ0n) is 7.33. The number of carbonyl (C=O) groups is 1. The quantitative estimate of drug-likeness (QED) is 0.739. The first kappa shape index (κ1) is 8.56. The van der Waals surface area contributed by atoms with Gasteiger partial charge in [-0.05, 0) is 12.5 Å². The molecule has 0 saturated carbocycles. The van der Waals surface area contributed by atoms with Gasteiger partial charge in [0.2, 0.25) is 5.91 Å². The van der Waals surface area contributed by atoms with Crippen LogP contribution in [-0.4, -0.2) is 16.6 Å². The van der Waals surface area contributed by atoms with Crippen LogP contribution in [0.5, 0.6) is 0 Å². The maximum absolute atomic E-state index is 11.1. The number of fused-ring (bicyclic) bond motifs is 1. The lowest BCUT2D eigenvalue weighted by molar-refractivity contribution is -0.113. The summed E-state index contributed by atoms with van der Waals surface area (Å²) >= 11 is 1.54. The van der Waals surface area contributed by atoms with Crippen LogP contribution in [0.2, 0.25) is 0 Å². The van der Waals surface area contributed by atoms with Crippen LogP contribution in [0.15, 0.2) is 17.2 Å². The Bertz CT molecular complexity index is 351. The van der Waals surface area contributed by atoms with Crippen molar-refractivity contribution in [3.63, 3.8) is 0 Å². The first-order valence-electron chi connectivity index (χ1n) is 4.21. The number of amides is 1. The number of hydrogen-bond donors (Lipinski definition) is 1. The molecule has 2 rings (SSSR count). The number of rotatable bonds is 1. The summed E-state index contributed by atoms with van der Waals surface area (Å²) in [6.45, 7) is 2.05. The minimum atomic E-state index is 0.0748. The lowest BCUT2D eigenvalue weighted by Gasteiger charge is -2.15. The maximum atomic E-state index is 11.1. The van der Waals surface area contributed by atoms with E-state index in [2.05, 4.69) is 10.3 Å². The van der Waals surface area contributed by atoms with E-state index in [1.165, 1.54) is 0 Å². The standard InChI is InChI=1S/C9H10N2OS/c1-2-6-3-7-8(4-10-6)13-5-9(12)11-7/h3-4H,2,5H2,1H3,(H,11,12). The highest BCUT2D eigenvalue weighted by Crippen LogP contribution is 2.30. The molecule has 0 spiro atoms. The van der Waals surface area contributed by atoms with Crippen molar-refractivity contribution in [2.24, 2.45) is 0 Å². The number of nitrogens with zero attached hydrogens (tertiary/aromatic N) is 1. The molecule has 0 bridgehead atoms. The van der Waals surface area contributed by atoms with Gasteiger partial charge >= 0.3 is 0 Å². The van der Waals surface area contributed by atoms with E-state index in [0.29, 0.717) is 5.75 Å². The monoisotopic (exact) mass is 194 g/mol. The molecule has 68 valence electrons. The number of carbonyl (C=O) groups excluding carboxylic acids is 1. The fourth-order valence-electron chi connectivity index (χ4n) is 1.22. The summed E-state index contributed by atoms with van der Waals surface area (Å²) in [6.07, 6.45) is 2.73. The molecule has 0 aliphatic carbocycles. The van der Waals surface area contributed by atoms with Crippen molar-refractivity contribution in [1.82, 2.24) is 4.98 Å². The maximum Gasteiger partial charge on any atom is 0.234 e. The van der Waals surface area contributed by atoms with Gasteiger partial charge in [0.15, 0.2) is 0 Å². The SMILES string of the molecule is CCc1cc2c(cn1)SCC(=O)N2. The zero-order chi connectivity index (χ0) is 9.26. The van der Waals surface area contributed by atoms with Gasteiger partial charge in [-0.25, -0.2) is 0 Å². The van der Waals surface area contributed by atoms with Crippen LogP contribution < -0.4 is 5.32 Å². The third-order valence-corrected chi connectivity index (χ3v) is 2.96. The number of nitrogens with one attached hydrogen (secondary N) is 1. The molecule has 0 atom stereocenters. The van der Waals surface area contributed by atoms with Crippen LogP contribution in [-0.2, 0) is 11.2 Å². The lowest BCUT2D eigenvalue weighted by atomic mass is 10.2. The van der Waals surface area contributed by atoms with E-state index in [4.69, 9.17) is 0 Å². The fourth-order valence-corrected chi connectivity index (χ4v) is 1.97. The molecule has 0 aromatic carbocycles. The molecule has 0 unspecified atom stereocenters. The van der Waals surface area contributed by atoms with E-state index in [0.717, 1.165) is 22.7 Å². The first-order chi connectivity index (χ1) is 6.29. The van der Waals surface area contributed by atoms with Crippen LogP contribution in [0.25, 0.3) is 0 Å². The molecule has 1 N–H and O–H groups in total. The van der Waals surface area contributed by atoms with Gasteiger partial charge in [-0.2, -0.15) is 0 Å². The molecular weight excluding hydrogens is 184 g/mol. The summed E-state index contributed by atoms with van der Waals surface area (Å²) in [5.74, 6) is 0.575. The van der Waals surface area contributed by atoms with E-state index in [1.54, 1.807) is 11.8 Å². The first-order valence-corrected chi connectivity index (χ1v) is 5.19. The minimum Gasteiger partial charge on any atom is -0.324 e. The topological polar surface area (TPSA) is 42.0 Å². The van der Waals surface area contributed by atoms with Gasteiger partial charge in [0.1, 0.15) is 0 Å². The van der Waals surface area contributed by atoms with Crippen LogP contribution >= 0.6 is 11.8 Å². The zero-order valence-corrected chi connectivity index (χ0v) is 8.15. The molecule has 1 amide bonds. The van der Waals surface area contributed by atoms with E-state index in [9.17, 15) is 4.79 Å². The summed E-state index contributed by atoms with van der Waals surface area (Å²) in [5, 5.41) is 2.83. The summed E-state index contributed by atoms with van der Waals surface area (Å²) in [5.41, 5.74) is 1.93. The second-order valence-corrected chi connectivity index (χ2v) is 3.88. The summed E-state index contributed by atoms with van der Waals surface area (Å²) in [7, 11) is 0. The van der Waals surface area contributed by atoms with E-state index < -0.39 is 0 Å². The molecule has 1 aromatic rings. The van der Waals surface area contributed by atoms with Crippen molar-refractivity contribution in [2.45, 2.75) is 18.2 Å². The van der Waals surface area contributed by atoms with Crippen molar-refractivity contribution < 1.29 is 4.79 Å². The fraction of sp³-hybridized carbons (Fsp3) is 0.333. The van der Waals surface area contributed by atoms with Crippen molar-refractivity contribution in [3.8, 4) is 0 Å². The Morgan fingerprint density at radius 3 is 3.31 bits per heavy atom. The summed E-state index contributed by atoms with van der Waals surface area (Å²) in [6, 6.07) is 1.94. The number of aromatic nitrogens is 1. The summed E-state index contributed by atoms with van der Waals surface area (Å²) in [4.78, 5) is 16.4. The highest BCUT2D eigenvalue weighted by molar-refractivity contribution is 8.00. The Kier molecular flexibility index (Phi) is 2.22. The second kappa shape index (κ2) is 3.38. The Labute approximate surface area is 80.9 Å². The molecule has 2 heterocycles. The molecule has 0 radical (unpaired) electrons. The molecule has 1 aromatic heterocycles. The molecular formula is C9H10N2OS. The van der Waals surface area contributed by atoms with E-state index in [1.807, 2.05) is 19.2 Å². The highest BCUT2D eigenvalue weighted by atomic mass is 32.2. The minimum absolute atomic E-state index is 0.0748. The largest absolute Gasteiger partial charge is 0.324 e. The Morgan fingerprint density at radius 2 is 2.54 bits per heavy atom.